The second-order valence-corrected chi connectivity index (χ2v) is 5.98. The summed E-state index contributed by atoms with van der Waals surface area (Å²) in [6.07, 6.45) is -4.24. The van der Waals surface area contributed by atoms with Gasteiger partial charge in [-0.1, -0.05) is 0 Å². The van der Waals surface area contributed by atoms with Gasteiger partial charge in [0.15, 0.2) is 0 Å². The van der Waals surface area contributed by atoms with Crippen molar-refractivity contribution in [3.63, 3.8) is 0 Å². The Morgan fingerprint density at radius 1 is 1.12 bits per heavy atom. The SMILES string of the molecule is NCCS(=O)(=O)N1CCN(CC(F)(F)F)CC1. The van der Waals surface area contributed by atoms with Crippen molar-refractivity contribution in [2.75, 3.05) is 45.0 Å². The van der Waals surface area contributed by atoms with Gasteiger partial charge in [-0.05, 0) is 0 Å². The molecule has 0 saturated carbocycles. The lowest BCUT2D eigenvalue weighted by atomic mass is 10.3. The molecule has 0 unspecified atom stereocenters. The Kier molecular flexibility index (Phi) is 4.76. The highest BCUT2D eigenvalue weighted by molar-refractivity contribution is 7.89. The standard InChI is InChI=1S/C8H16F3N3O2S/c9-8(10,11)7-13-2-4-14(5-3-13)17(15,16)6-1-12/h1-7,12H2. The van der Waals surface area contributed by atoms with E-state index in [-0.39, 0.29) is 38.5 Å². The van der Waals surface area contributed by atoms with Crippen molar-refractivity contribution < 1.29 is 21.6 Å². The number of alkyl halides is 3. The quantitative estimate of drug-likeness (QED) is 0.748. The predicted molar refractivity (Wildman–Crippen MR) is 56.9 cm³/mol. The molecule has 0 aromatic carbocycles. The molecule has 0 bridgehead atoms. The number of piperazine rings is 1. The Bertz CT molecular complexity index is 336. The molecule has 0 aliphatic carbocycles. The van der Waals surface area contributed by atoms with Gasteiger partial charge in [0.05, 0.1) is 12.3 Å². The van der Waals surface area contributed by atoms with Gasteiger partial charge >= 0.3 is 6.18 Å². The van der Waals surface area contributed by atoms with Crippen molar-refractivity contribution in [2.24, 2.45) is 5.73 Å². The summed E-state index contributed by atoms with van der Waals surface area (Å²) in [5, 5.41) is 0. The van der Waals surface area contributed by atoms with E-state index >= 15 is 0 Å². The summed E-state index contributed by atoms with van der Waals surface area (Å²) >= 11 is 0. The largest absolute Gasteiger partial charge is 0.401 e. The van der Waals surface area contributed by atoms with Crippen LogP contribution >= 0.6 is 0 Å². The number of hydrogen-bond acceptors (Lipinski definition) is 4. The summed E-state index contributed by atoms with van der Waals surface area (Å²) in [7, 11) is -3.40. The van der Waals surface area contributed by atoms with Crippen molar-refractivity contribution in [3.8, 4) is 0 Å². The first-order chi connectivity index (χ1) is 7.74. The first-order valence-corrected chi connectivity index (χ1v) is 6.82. The topological polar surface area (TPSA) is 66.6 Å². The number of nitrogens with zero attached hydrogens (tertiary/aromatic N) is 2. The monoisotopic (exact) mass is 275 g/mol. The number of hydrogen-bond donors (Lipinski definition) is 1. The second-order valence-electron chi connectivity index (χ2n) is 3.90. The minimum atomic E-state index is -4.24. The lowest BCUT2D eigenvalue weighted by Gasteiger charge is -2.34. The van der Waals surface area contributed by atoms with Gasteiger partial charge in [0.25, 0.3) is 0 Å². The van der Waals surface area contributed by atoms with Crippen molar-refractivity contribution in [1.82, 2.24) is 9.21 Å². The summed E-state index contributed by atoms with van der Waals surface area (Å²) in [4.78, 5) is 1.20. The molecule has 0 aromatic heterocycles. The summed E-state index contributed by atoms with van der Waals surface area (Å²) in [6, 6.07) is 0. The number of nitrogens with two attached hydrogens (primary N) is 1. The van der Waals surface area contributed by atoms with Crippen LogP contribution in [0.1, 0.15) is 0 Å². The fourth-order valence-electron chi connectivity index (χ4n) is 1.70. The maximum atomic E-state index is 12.1. The van der Waals surface area contributed by atoms with Gasteiger partial charge in [-0.15, -0.1) is 0 Å². The van der Waals surface area contributed by atoms with Crippen LogP contribution in [0.4, 0.5) is 13.2 Å². The molecule has 1 rings (SSSR count). The molecule has 0 atom stereocenters. The van der Waals surface area contributed by atoms with E-state index in [2.05, 4.69) is 0 Å². The first-order valence-electron chi connectivity index (χ1n) is 5.21. The van der Waals surface area contributed by atoms with Crippen molar-refractivity contribution in [1.29, 1.82) is 0 Å². The average Bonchev–Trinajstić information content (AvgIpc) is 2.15. The van der Waals surface area contributed by atoms with E-state index in [0.717, 1.165) is 0 Å². The van der Waals surface area contributed by atoms with Crippen LogP contribution in [0.5, 0.6) is 0 Å². The molecule has 1 aliphatic rings. The van der Waals surface area contributed by atoms with Crippen LogP contribution in [-0.4, -0.2) is 68.8 Å². The highest BCUT2D eigenvalue weighted by Gasteiger charge is 2.34. The molecule has 2 N–H and O–H groups in total. The molecule has 102 valence electrons. The fraction of sp³-hybridized carbons (Fsp3) is 1.00. The minimum Gasteiger partial charge on any atom is -0.329 e. The van der Waals surface area contributed by atoms with E-state index < -0.39 is 22.7 Å². The molecule has 1 fully saturated rings. The fourth-order valence-corrected chi connectivity index (χ4v) is 2.97. The Balaban J connectivity index is 2.46. The van der Waals surface area contributed by atoms with Crippen LogP contribution in [0.2, 0.25) is 0 Å². The highest BCUT2D eigenvalue weighted by atomic mass is 32.2. The van der Waals surface area contributed by atoms with Gasteiger partial charge in [0.1, 0.15) is 0 Å². The van der Waals surface area contributed by atoms with Gasteiger partial charge in [-0.2, -0.15) is 17.5 Å². The predicted octanol–water partition coefficient (Wildman–Crippen LogP) is -0.545. The Labute approximate surface area is 98.4 Å². The smallest absolute Gasteiger partial charge is 0.329 e. The summed E-state index contributed by atoms with van der Waals surface area (Å²) in [6.45, 7) is -0.577. The van der Waals surface area contributed by atoms with Gasteiger partial charge in [-0.25, -0.2) is 8.42 Å². The zero-order valence-electron chi connectivity index (χ0n) is 9.28. The van der Waals surface area contributed by atoms with Crippen LogP contribution in [0, 0.1) is 0 Å². The second kappa shape index (κ2) is 5.51. The number of halogens is 3. The molecule has 17 heavy (non-hydrogen) atoms. The van der Waals surface area contributed by atoms with Gasteiger partial charge in [-0.3, -0.25) is 4.90 Å². The van der Waals surface area contributed by atoms with Crippen LogP contribution in [0.25, 0.3) is 0 Å². The lowest BCUT2D eigenvalue weighted by Crippen LogP contribution is -2.51. The molecule has 1 aliphatic heterocycles. The first kappa shape index (κ1) is 14.7. The van der Waals surface area contributed by atoms with E-state index in [4.69, 9.17) is 5.73 Å². The zero-order valence-corrected chi connectivity index (χ0v) is 10.1. The molecular weight excluding hydrogens is 259 g/mol. The lowest BCUT2D eigenvalue weighted by molar-refractivity contribution is -0.148. The zero-order chi connectivity index (χ0) is 13.1. The van der Waals surface area contributed by atoms with Crippen molar-refractivity contribution in [2.45, 2.75) is 6.18 Å². The molecule has 9 heteroatoms. The number of sulfonamides is 1. The number of rotatable bonds is 4. The van der Waals surface area contributed by atoms with Crippen molar-refractivity contribution in [3.05, 3.63) is 0 Å². The van der Waals surface area contributed by atoms with E-state index in [1.54, 1.807) is 0 Å². The van der Waals surface area contributed by atoms with E-state index in [9.17, 15) is 21.6 Å². The molecular formula is C8H16F3N3O2S. The van der Waals surface area contributed by atoms with Gasteiger partial charge < -0.3 is 5.73 Å². The van der Waals surface area contributed by atoms with E-state index in [0.29, 0.717) is 0 Å². The molecule has 0 radical (unpaired) electrons. The van der Waals surface area contributed by atoms with Gasteiger partial charge in [0, 0.05) is 32.7 Å². The minimum absolute atomic E-state index is 0.0189. The van der Waals surface area contributed by atoms with Crippen LogP contribution in [0.3, 0.4) is 0 Å². The third kappa shape index (κ3) is 4.78. The Morgan fingerprint density at radius 2 is 1.65 bits per heavy atom. The summed E-state index contributed by atoms with van der Waals surface area (Å²) in [5.74, 6) is -0.160. The van der Waals surface area contributed by atoms with Gasteiger partial charge in [0.2, 0.25) is 10.0 Å². The van der Waals surface area contributed by atoms with Crippen molar-refractivity contribution >= 4 is 10.0 Å². The average molecular weight is 275 g/mol. The van der Waals surface area contributed by atoms with E-state index in [1.807, 2.05) is 0 Å². The third-order valence-corrected chi connectivity index (χ3v) is 4.41. The Hall–Kier alpha value is -0.380. The molecule has 5 nitrogen and oxygen atoms in total. The normalized spacial score (nSPS) is 20.7. The summed E-state index contributed by atoms with van der Waals surface area (Å²) in [5.41, 5.74) is 5.17. The molecule has 1 saturated heterocycles. The molecule has 0 aromatic rings. The van der Waals surface area contributed by atoms with Crippen LogP contribution in [-0.2, 0) is 10.0 Å². The maximum absolute atomic E-state index is 12.1. The van der Waals surface area contributed by atoms with Crippen LogP contribution < -0.4 is 5.73 Å². The summed E-state index contributed by atoms with van der Waals surface area (Å²) < 4.78 is 60.7. The van der Waals surface area contributed by atoms with Crippen LogP contribution in [0.15, 0.2) is 0 Å². The third-order valence-electron chi connectivity index (χ3n) is 2.50. The Morgan fingerprint density at radius 3 is 2.06 bits per heavy atom. The highest BCUT2D eigenvalue weighted by Crippen LogP contribution is 2.18. The maximum Gasteiger partial charge on any atom is 0.401 e. The molecule has 0 spiro atoms. The molecule has 0 amide bonds. The molecule has 1 heterocycles. The van der Waals surface area contributed by atoms with E-state index in [1.165, 1.54) is 9.21 Å².